The zero-order chi connectivity index (χ0) is 21.0. The van der Waals surface area contributed by atoms with Gasteiger partial charge in [0.1, 0.15) is 5.70 Å². The molecule has 2 aromatic carbocycles. The summed E-state index contributed by atoms with van der Waals surface area (Å²) in [5.41, 5.74) is 1.93. The lowest BCUT2D eigenvalue weighted by molar-refractivity contribution is -0.138. The summed E-state index contributed by atoms with van der Waals surface area (Å²) in [5.74, 6) is -2.10. The summed E-state index contributed by atoms with van der Waals surface area (Å²) in [6.45, 7) is 0.120. The zero-order valence-corrected chi connectivity index (χ0v) is 15.8. The van der Waals surface area contributed by atoms with Gasteiger partial charge in [0.05, 0.1) is 38.0 Å². The Morgan fingerprint density at radius 3 is 2.03 bits per heavy atom. The Morgan fingerprint density at radius 2 is 1.52 bits per heavy atom. The minimum Gasteiger partial charge on any atom is -0.466 e. The molecule has 0 saturated carbocycles. The highest BCUT2D eigenvalue weighted by atomic mass is 16.5. The smallest absolute Gasteiger partial charge is 0.354 e. The highest BCUT2D eigenvalue weighted by Gasteiger charge is 2.34. The molecule has 3 rings (SSSR count). The van der Waals surface area contributed by atoms with Crippen LogP contribution in [-0.2, 0) is 25.6 Å². The van der Waals surface area contributed by atoms with E-state index in [1.807, 2.05) is 0 Å². The number of nitrogens with zero attached hydrogens (tertiary/aromatic N) is 1. The lowest BCUT2D eigenvalue weighted by Gasteiger charge is -2.14. The minimum absolute atomic E-state index is 0.0903. The number of carbonyl (C=O) groups is 4. The molecule has 0 aromatic heterocycles. The van der Waals surface area contributed by atoms with Gasteiger partial charge in [-0.1, -0.05) is 24.3 Å². The normalized spacial score (nSPS) is 13.2. The highest BCUT2D eigenvalue weighted by Crippen LogP contribution is 2.24. The fourth-order valence-electron chi connectivity index (χ4n) is 2.85. The van der Waals surface area contributed by atoms with Crippen molar-refractivity contribution < 1.29 is 28.7 Å². The Kier molecular flexibility index (Phi) is 5.73. The molecule has 2 amide bonds. The van der Waals surface area contributed by atoms with E-state index in [1.165, 1.54) is 19.1 Å². The number of fused-ring (bicyclic) bond motifs is 1. The Morgan fingerprint density at radius 1 is 0.931 bits per heavy atom. The Balaban J connectivity index is 1.73. The molecule has 8 heteroatoms. The molecule has 1 aliphatic heterocycles. The van der Waals surface area contributed by atoms with Crippen molar-refractivity contribution in [2.45, 2.75) is 6.54 Å². The second-order valence-electron chi connectivity index (χ2n) is 6.14. The Labute approximate surface area is 166 Å². The second kappa shape index (κ2) is 8.39. The van der Waals surface area contributed by atoms with Crippen LogP contribution in [0, 0.1) is 0 Å². The highest BCUT2D eigenvalue weighted by molar-refractivity contribution is 6.21. The summed E-state index contributed by atoms with van der Waals surface area (Å²) >= 11 is 0. The third kappa shape index (κ3) is 4.16. The van der Waals surface area contributed by atoms with Crippen LogP contribution in [0.2, 0.25) is 0 Å². The third-order valence-corrected chi connectivity index (χ3v) is 4.32. The molecule has 8 nitrogen and oxygen atoms in total. The van der Waals surface area contributed by atoms with Gasteiger partial charge < -0.3 is 14.8 Å². The van der Waals surface area contributed by atoms with E-state index < -0.39 is 11.9 Å². The zero-order valence-electron chi connectivity index (χ0n) is 15.8. The molecular weight excluding hydrogens is 376 g/mol. The molecule has 0 aliphatic carbocycles. The van der Waals surface area contributed by atoms with E-state index in [2.05, 4.69) is 14.8 Å². The standard InChI is InChI=1S/C21H18N2O6/c1-28-18(24)11-17(21(27)29-2)22-14-9-7-13(8-10-14)12-23-19(25)15-5-3-4-6-16(15)20(23)26/h3-11,22H,12H2,1-2H3/b17-11+. The summed E-state index contributed by atoms with van der Waals surface area (Å²) in [6, 6.07) is 13.4. The maximum Gasteiger partial charge on any atom is 0.354 e. The van der Waals surface area contributed by atoms with Crippen LogP contribution in [0.25, 0.3) is 0 Å². The molecular formula is C21H18N2O6. The molecule has 0 unspecified atom stereocenters. The van der Waals surface area contributed by atoms with Crippen molar-refractivity contribution >= 4 is 29.4 Å². The first-order valence-corrected chi connectivity index (χ1v) is 8.63. The number of hydrogen-bond acceptors (Lipinski definition) is 7. The van der Waals surface area contributed by atoms with Crippen molar-refractivity contribution in [2.24, 2.45) is 0 Å². The van der Waals surface area contributed by atoms with E-state index in [-0.39, 0.29) is 24.1 Å². The van der Waals surface area contributed by atoms with Gasteiger partial charge in [-0.25, -0.2) is 9.59 Å². The number of ether oxygens (including phenoxy) is 2. The molecule has 1 heterocycles. The van der Waals surface area contributed by atoms with E-state index in [0.717, 1.165) is 11.6 Å². The number of carbonyl (C=O) groups excluding carboxylic acids is 4. The van der Waals surface area contributed by atoms with Crippen LogP contribution in [0.15, 0.2) is 60.3 Å². The summed E-state index contributed by atoms with van der Waals surface area (Å²) in [4.78, 5) is 49.3. The SMILES string of the molecule is COC(=O)/C=C(/Nc1ccc(CN2C(=O)c3ccccc3C2=O)cc1)C(=O)OC. The van der Waals surface area contributed by atoms with Gasteiger partial charge in [0.25, 0.3) is 11.8 Å². The van der Waals surface area contributed by atoms with Crippen LogP contribution in [0.5, 0.6) is 0 Å². The van der Waals surface area contributed by atoms with Crippen molar-refractivity contribution in [1.82, 2.24) is 4.90 Å². The number of benzene rings is 2. The molecule has 1 N–H and O–H groups in total. The Hall–Kier alpha value is -3.94. The van der Waals surface area contributed by atoms with Gasteiger partial charge >= 0.3 is 11.9 Å². The van der Waals surface area contributed by atoms with Crippen LogP contribution in [0.4, 0.5) is 5.69 Å². The average molecular weight is 394 g/mol. The predicted molar refractivity (Wildman–Crippen MR) is 103 cm³/mol. The number of amides is 2. The van der Waals surface area contributed by atoms with Gasteiger partial charge in [-0.3, -0.25) is 14.5 Å². The number of esters is 2. The summed E-state index contributed by atoms with van der Waals surface area (Å²) in [5, 5.41) is 2.79. The lowest BCUT2D eigenvalue weighted by Crippen LogP contribution is -2.29. The summed E-state index contributed by atoms with van der Waals surface area (Å²) in [6.07, 6.45) is 0.985. The van der Waals surface area contributed by atoms with Crippen molar-refractivity contribution in [2.75, 3.05) is 19.5 Å². The molecule has 0 atom stereocenters. The number of rotatable bonds is 6. The molecule has 148 valence electrons. The molecule has 1 aliphatic rings. The number of hydrogen-bond donors (Lipinski definition) is 1. The molecule has 0 radical (unpaired) electrons. The van der Waals surface area contributed by atoms with Gasteiger partial charge in [0.15, 0.2) is 0 Å². The van der Waals surface area contributed by atoms with E-state index >= 15 is 0 Å². The fraction of sp³-hybridized carbons (Fsp3) is 0.143. The second-order valence-corrected chi connectivity index (χ2v) is 6.14. The number of nitrogens with one attached hydrogen (secondary N) is 1. The van der Waals surface area contributed by atoms with Crippen LogP contribution in [0.1, 0.15) is 26.3 Å². The number of imide groups is 1. The van der Waals surface area contributed by atoms with Gasteiger partial charge in [0, 0.05) is 5.69 Å². The van der Waals surface area contributed by atoms with Gasteiger partial charge in [-0.15, -0.1) is 0 Å². The summed E-state index contributed by atoms with van der Waals surface area (Å²) in [7, 11) is 2.39. The van der Waals surface area contributed by atoms with Gasteiger partial charge in [-0.2, -0.15) is 0 Å². The van der Waals surface area contributed by atoms with Crippen LogP contribution in [0.3, 0.4) is 0 Å². The first kappa shape index (κ1) is 19.8. The molecule has 0 bridgehead atoms. The average Bonchev–Trinajstić information content (AvgIpc) is 2.99. The maximum atomic E-state index is 12.5. The Bertz CT molecular complexity index is 975. The third-order valence-electron chi connectivity index (χ3n) is 4.32. The van der Waals surface area contributed by atoms with E-state index in [9.17, 15) is 19.2 Å². The first-order valence-electron chi connectivity index (χ1n) is 8.63. The largest absolute Gasteiger partial charge is 0.466 e. The predicted octanol–water partition coefficient (Wildman–Crippen LogP) is 2.12. The first-order chi connectivity index (χ1) is 13.9. The van der Waals surface area contributed by atoms with Gasteiger partial charge in [0.2, 0.25) is 0 Å². The van der Waals surface area contributed by atoms with E-state index in [1.54, 1.807) is 48.5 Å². The number of anilines is 1. The van der Waals surface area contributed by atoms with Crippen LogP contribution >= 0.6 is 0 Å². The molecule has 0 spiro atoms. The van der Waals surface area contributed by atoms with Crippen LogP contribution in [-0.4, -0.2) is 42.9 Å². The number of methoxy groups -OCH3 is 2. The lowest BCUT2D eigenvalue weighted by atomic mass is 10.1. The molecule has 0 fully saturated rings. The van der Waals surface area contributed by atoms with Crippen molar-refractivity contribution in [3.05, 3.63) is 77.0 Å². The fourth-order valence-corrected chi connectivity index (χ4v) is 2.85. The monoisotopic (exact) mass is 394 g/mol. The van der Waals surface area contributed by atoms with Crippen LogP contribution < -0.4 is 5.32 Å². The van der Waals surface area contributed by atoms with Crippen molar-refractivity contribution in [3.63, 3.8) is 0 Å². The quantitative estimate of drug-likeness (QED) is 0.455. The van der Waals surface area contributed by atoms with Crippen molar-refractivity contribution in [1.29, 1.82) is 0 Å². The van der Waals surface area contributed by atoms with Crippen molar-refractivity contribution in [3.8, 4) is 0 Å². The topological polar surface area (TPSA) is 102 Å². The maximum absolute atomic E-state index is 12.5. The minimum atomic E-state index is -0.731. The molecule has 2 aromatic rings. The molecule has 0 saturated heterocycles. The van der Waals surface area contributed by atoms with E-state index in [0.29, 0.717) is 16.8 Å². The van der Waals surface area contributed by atoms with Gasteiger partial charge in [-0.05, 0) is 29.8 Å². The van der Waals surface area contributed by atoms with E-state index in [4.69, 9.17) is 0 Å². The summed E-state index contributed by atoms with van der Waals surface area (Å²) < 4.78 is 9.16. The molecule has 29 heavy (non-hydrogen) atoms.